The van der Waals surface area contributed by atoms with Gasteiger partial charge in [0.1, 0.15) is 6.04 Å². The molecule has 13 nitrogen and oxygen atoms in total. The van der Waals surface area contributed by atoms with Crippen LogP contribution in [0.25, 0.3) is 0 Å². The fraction of sp³-hybridized carbons (Fsp3) is 0.486. The third kappa shape index (κ3) is 11.3. The SMILES string of the molecule is CC1(C)CC(NC(=O)C(=O)CC[C@H](NC(=O)c2ccc(Nc3nc(NC4(c5ccc(Cl)cc5)CC4)nc(OCC(F)(F)F)n3)cc2)C(=O)O)CC(C)(C)C1. The Labute approximate surface area is 315 Å². The van der Waals surface area contributed by atoms with Crippen molar-refractivity contribution in [3.05, 3.63) is 64.7 Å². The Balaban J connectivity index is 1.20. The first-order valence-corrected chi connectivity index (χ1v) is 17.8. The number of aromatic nitrogens is 3. The highest BCUT2D eigenvalue weighted by molar-refractivity contribution is 6.36. The summed E-state index contributed by atoms with van der Waals surface area (Å²) in [5.41, 5.74) is 0.708. The van der Waals surface area contributed by atoms with Crippen LogP contribution in [0.2, 0.25) is 5.02 Å². The first-order chi connectivity index (χ1) is 25.2. The molecular formula is C37H43ClF3N7O6. The number of hydrogen-bond acceptors (Lipinski definition) is 10. The standard InChI is InChI=1S/C37H43ClF3N7O6/c1-34(2)17-25(18-35(3,4)19-34)42-29(51)27(49)14-13-26(30(52)53)44-28(50)21-5-11-24(12-6-21)43-31-45-32(47-33(46-31)54-20-37(39,40)41)48-36(15-16-36)22-7-9-23(38)10-8-22/h5-12,25-26H,13-20H2,1-4H3,(H,42,51)(H,44,50)(H,52,53)(H2,43,45,46,47,48)/t26-/m0/s1. The number of nitrogens with one attached hydrogen (secondary N) is 4. The van der Waals surface area contributed by atoms with Crippen molar-refractivity contribution in [2.45, 2.75) is 96.4 Å². The van der Waals surface area contributed by atoms with Crippen molar-refractivity contribution in [1.29, 1.82) is 0 Å². The number of Topliss-reactive ketones (excluding diaryl/α,β-unsaturated/α-hetero) is 1. The van der Waals surface area contributed by atoms with Gasteiger partial charge in [-0.2, -0.15) is 28.1 Å². The molecule has 2 aliphatic carbocycles. The number of carboxylic acid groups (broad SMARTS) is 1. The van der Waals surface area contributed by atoms with Gasteiger partial charge in [0.2, 0.25) is 17.7 Å². The zero-order valence-corrected chi connectivity index (χ0v) is 31.0. The summed E-state index contributed by atoms with van der Waals surface area (Å²) in [5, 5.41) is 21.5. The molecule has 2 amide bonds. The summed E-state index contributed by atoms with van der Waals surface area (Å²) < 4.78 is 43.7. The van der Waals surface area contributed by atoms with Crippen LogP contribution < -0.4 is 26.0 Å². The summed E-state index contributed by atoms with van der Waals surface area (Å²) in [7, 11) is 0. The van der Waals surface area contributed by atoms with E-state index in [2.05, 4.69) is 63.9 Å². The molecule has 1 heterocycles. The number of aliphatic carboxylic acids is 1. The topological polar surface area (TPSA) is 185 Å². The number of alkyl halides is 3. The molecule has 0 aliphatic heterocycles. The fourth-order valence-corrected chi connectivity index (χ4v) is 7.33. The van der Waals surface area contributed by atoms with Gasteiger partial charge in [-0.15, -0.1) is 0 Å². The molecule has 1 aromatic heterocycles. The van der Waals surface area contributed by atoms with E-state index in [1.165, 1.54) is 24.3 Å². The van der Waals surface area contributed by atoms with E-state index >= 15 is 0 Å². The van der Waals surface area contributed by atoms with Crippen LogP contribution in [0, 0.1) is 10.8 Å². The lowest BCUT2D eigenvalue weighted by molar-refractivity contribution is -0.154. The van der Waals surface area contributed by atoms with Gasteiger partial charge in [-0.05, 0) is 91.3 Å². The third-order valence-electron chi connectivity index (χ3n) is 9.29. The Morgan fingerprint density at radius 3 is 2.11 bits per heavy atom. The summed E-state index contributed by atoms with van der Waals surface area (Å²) in [6, 6.07) is 10.6. The zero-order valence-electron chi connectivity index (χ0n) is 30.3. The van der Waals surface area contributed by atoms with Crippen molar-refractivity contribution in [2.75, 3.05) is 17.2 Å². The number of carbonyl (C=O) groups excluding carboxylic acids is 3. The molecule has 2 aliphatic rings. The predicted molar refractivity (Wildman–Crippen MR) is 194 cm³/mol. The molecule has 290 valence electrons. The number of benzene rings is 2. The lowest BCUT2D eigenvalue weighted by atomic mass is 9.63. The Hall–Kier alpha value is -4.99. The summed E-state index contributed by atoms with van der Waals surface area (Å²) in [4.78, 5) is 62.6. The van der Waals surface area contributed by atoms with E-state index in [1.54, 1.807) is 12.1 Å². The monoisotopic (exact) mass is 773 g/mol. The first-order valence-electron chi connectivity index (χ1n) is 17.4. The van der Waals surface area contributed by atoms with Gasteiger partial charge in [0.05, 0.1) is 5.54 Å². The van der Waals surface area contributed by atoms with Gasteiger partial charge in [0, 0.05) is 28.7 Å². The highest BCUT2D eigenvalue weighted by Gasteiger charge is 2.45. The zero-order chi connectivity index (χ0) is 39.5. The van der Waals surface area contributed by atoms with Crippen molar-refractivity contribution in [2.24, 2.45) is 10.8 Å². The summed E-state index contributed by atoms with van der Waals surface area (Å²) in [5.74, 6) is -3.86. The van der Waals surface area contributed by atoms with Crippen LogP contribution in [0.4, 0.5) is 30.8 Å². The highest BCUT2D eigenvalue weighted by Crippen LogP contribution is 2.48. The highest BCUT2D eigenvalue weighted by atomic mass is 35.5. The van der Waals surface area contributed by atoms with E-state index in [1.807, 2.05) is 12.1 Å². The second-order valence-electron chi connectivity index (χ2n) is 15.5. The molecule has 2 aromatic carbocycles. The van der Waals surface area contributed by atoms with Crippen molar-refractivity contribution < 1.29 is 42.2 Å². The number of rotatable bonds is 15. The van der Waals surface area contributed by atoms with Gasteiger partial charge in [-0.1, -0.05) is 51.4 Å². The van der Waals surface area contributed by atoms with Gasteiger partial charge < -0.3 is 31.1 Å². The van der Waals surface area contributed by atoms with Crippen molar-refractivity contribution in [3.63, 3.8) is 0 Å². The molecule has 0 radical (unpaired) electrons. The molecule has 5 rings (SSSR count). The lowest BCUT2D eigenvalue weighted by Crippen LogP contribution is -2.48. The number of nitrogens with zero attached hydrogens (tertiary/aromatic N) is 3. The normalized spacial score (nSPS) is 17.8. The van der Waals surface area contributed by atoms with Crippen molar-refractivity contribution in [1.82, 2.24) is 25.6 Å². The molecule has 0 unspecified atom stereocenters. The molecule has 5 N–H and O–H groups in total. The summed E-state index contributed by atoms with van der Waals surface area (Å²) in [6.07, 6.45) is -1.50. The van der Waals surface area contributed by atoms with Crippen LogP contribution >= 0.6 is 11.6 Å². The van der Waals surface area contributed by atoms with Crippen LogP contribution in [0.15, 0.2) is 48.5 Å². The van der Waals surface area contributed by atoms with Gasteiger partial charge in [0.25, 0.3) is 11.8 Å². The Bertz CT molecular complexity index is 1850. The minimum atomic E-state index is -4.64. The average molecular weight is 774 g/mol. The number of carboxylic acids is 1. The molecule has 3 aromatic rings. The third-order valence-corrected chi connectivity index (χ3v) is 9.54. The molecule has 0 bridgehead atoms. The number of ketones is 1. The van der Waals surface area contributed by atoms with Gasteiger partial charge in [-0.25, -0.2) is 4.79 Å². The minimum Gasteiger partial charge on any atom is -0.480 e. The van der Waals surface area contributed by atoms with Gasteiger partial charge in [0.15, 0.2) is 6.61 Å². The van der Waals surface area contributed by atoms with Gasteiger partial charge in [-0.3, -0.25) is 14.4 Å². The van der Waals surface area contributed by atoms with E-state index in [4.69, 9.17) is 16.3 Å². The van der Waals surface area contributed by atoms with Crippen molar-refractivity contribution >= 4 is 52.8 Å². The number of hydrogen-bond donors (Lipinski definition) is 5. The van der Waals surface area contributed by atoms with E-state index in [-0.39, 0.29) is 47.2 Å². The second kappa shape index (κ2) is 15.8. The number of anilines is 3. The number of carbonyl (C=O) groups is 4. The van der Waals surface area contributed by atoms with Gasteiger partial charge >= 0.3 is 18.2 Å². The fourth-order valence-electron chi connectivity index (χ4n) is 7.21. The molecule has 17 heteroatoms. The maximum Gasteiger partial charge on any atom is 0.422 e. The van der Waals surface area contributed by atoms with Crippen LogP contribution in [-0.2, 0) is 19.9 Å². The van der Waals surface area contributed by atoms with Crippen LogP contribution in [0.5, 0.6) is 6.01 Å². The minimum absolute atomic E-state index is 0.0138. The molecule has 2 fully saturated rings. The van der Waals surface area contributed by atoms with E-state index in [0.29, 0.717) is 36.4 Å². The number of amides is 2. The molecule has 0 spiro atoms. The number of ether oxygens (including phenoxy) is 1. The number of halogens is 4. The van der Waals surface area contributed by atoms with Crippen LogP contribution in [-0.4, -0.2) is 68.5 Å². The van der Waals surface area contributed by atoms with E-state index in [0.717, 1.165) is 12.0 Å². The van der Waals surface area contributed by atoms with E-state index in [9.17, 15) is 37.5 Å². The molecule has 1 atom stereocenters. The van der Waals surface area contributed by atoms with E-state index < -0.39 is 53.9 Å². The predicted octanol–water partition coefficient (Wildman–Crippen LogP) is 6.56. The maximum atomic E-state index is 13.0. The molecule has 2 saturated carbocycles. The van der Waals surface area contributed by atoms with Crippen LogP contribution in [0.3, 0.4) is 0 Å². The molecule has 54 heavy (non-hydrogen) atoms. The lowest BCUT2D eigenvalue weighted by Gasteiger charge is -2.45. The average Bonchev–Trinajstić information content (AvgIpc) is 3.84. The second-order valence-corrected chi connectivity index (χ2v) is 15.9. The molecular weight excluding hydrogens is 731 g/mol. The maximum absolute atomic E-state index is 13.0. The van der Waals surface area contributed by atoms with Crippen LogP contribution in [0.1, 0.15) is 88.6 Å². The Morgan fingerprint density at radius 2 is 1.54 bits per heavy atom. The summed E-state index contributed by atoms with van der Waals surface area (Å²) >= 11 is 6.03. The smallest absolute Gasteiger partial charge is 0.422 e. The van der Waals surface area contributed by atoms with Crippen molar-refractivity contribution in [3.8, 4) is 6.01 Å². The Morgan fingerprint density at radius 1 is 0.926 bits per heavy atom. The Kier molecular flexibility index (Phi) is 11.7. The molecule has 0 saturated heterocycles. The largest absolute Gasteiger partial charge is 0.480 e. The quantitative estimate of drug-likeness (QED) is 0.105. The summed E-state index contributed by atoms with van der Waals surface area (Å²) in [6.45, 7) is 6.84. The first kappa shape index (κ1) is 40.2.